The Hall–Kier alpha value is -1.56. The molecule has 2 aromatic heterocycles. The minimum Gasteiger partial charge on any atom is -0.378 e. The van der Waals surface area contributed by atoms with E-state index in [0.29, 0.717) is 32.9 Å². The summed E-state index contributed by atoms with van der Waals surface area (Å²) in [5.74, 6) is 0. The van der Waals surface area contributed by atoms with Crippen LogP contribution in [0.15, 0.2) is 40.6 Å². The second-order valence-corrected chi connectivity index (χ2v) is 5.84. The molecule has 0 saturated carbocycles. The fourth-order valence-corrected chi connectivity index (χ4v) is 2.89. The molecule has 102 valence electrons. The lowest BCUT2D eigenvalue weighted by molar-refractivity contribution is 0.990. The first kappa shape index (κ1) is 13.4. The van der Waals surface area contributed by atoms with Crippen molar-refractivity contribution in [3.05, 3.63) is 61.9 Å². The zero-order valence-electron chi connectivity index (χ0n) is 10.1. The van der Waals surface area contributed by atoms with Crippen LogP contribution in [0, 0.1) is 0 Å². The predicted octanol–water partition coefficient (Wildman–Crippen LogP) is 3.67. The molecule has 0 aliphatic heterocycles. The Kier molecular flexibility index (Phi) is 3.65. The summed E-state index contributed by atoms with van der Waals surface area (Å²) in [7, 11) is 0. The molecule has 7 heteroatoms. The topological polar surface area (TPSA) is 46.4 Å². The first-order chi connectivity index (χ1) is 9.63. The van der Waals surface area contributed by atoms with Crippen molar-refractivity contribution in [2.75, 3.05) is 5.32 Å². The van der Waals surface area contributed by atoms with Crippen LogP contribution in [0.3, 0.4) is 0 Å². The highest BCUT2D eigenvalue weighted by Gasteiger charge is 2.05. The summed E-state index contributed by atoms with van der Waals surface area (Å²) in [4.78, 5) is 16.9. The zero-order chi connectivity index (χ0) is 14.1. The molecular weight excluding hydrogens is 317 g/mol. The molecule has 0 saturated heterocycles. The molecule has 2 heterocycles. The van der Waals surface area contributed by atoms with Crippen molar-refractivity contribution in [1.29, 1.82) is 0 Å². The van der Waals surface area contributed by atoms with Crippen molar-refractivity contribution < 1.29 is 0 Å². The van der Waals surface area contributed by atoms with Crippen LogP contribution in [0.1, 0.15) is 5.69 Å². The minimum atomic E-state index is -0.0924. The van der Waals surface area contributed by atoms with Crippen LogP contribution in [-0.2, 0) is 6.54 Å². The molecule has 1 aromatic carbocycles. The van der Waals surface area contributed by atoms with Crippen molar-refractivity contribution in [2.45, 2.75) is 6.54 Å². The van der Waals surface area contributed by atoms with Gasteiger partial charge in [0.1, 0.15) is 0 Å². The van der Waals surface area contributed by atoms with Gasteiger partial charge in [-0.3, -0.25) is 9.20 Å². The summed E-state index contributed by atoms with van der Waals surface area (Å²) >= 11 is 13.4. The van der Waals surface area contributed by atoms with E-state index in [-0.39, 0.29) is 5.56 Å². The van der Waals surface area contributed by atoms with Crippen molar-refractivity contribution in [3.8, 4) is 0 Å². The number of benzene rings is 1. The Bertz CT molecular complexity index is 828. The molecule has 20 heavy (non-hydrogen) atoms. The van der Waals surface area contributed by atoms with Gasteiger partial charge in [0.05, 0.1) is 22.9 Å². The van der Waals surface area contributed by atoms with Crippen molar-refractivity contribution >= 4 is 45.2 Å². The largest absolute Gasteiger partial charge is 0.378 e. The van der Waals surface area contributed by atoms with Gasteiger partial charge in [0, 0.05) is 22.7 Å². The molecule has 0 amide bonds. The maximum atomic E-state index is 11.8. The number of fused-ring (bicyclic) bond motifs is 1. The third kappa shape index (κ3) is 2.65. The van der Waals surface area contributed by atoms with E-state index in [1.54, 1.807) is 24.4 Å². The normalized spacial score (nSPS) is 10.9. The van der Waals surface area contributed by atoms with E-state index in [0.717, 1.165) is 0 Å². The van der Waals surface area contributed by atoms with Gasteiger partial charge in [-0.2, -0.15) is 0 Å². The van der Waals surface area contributed by atoms with Crippen LogP contribution in [0.25, 0.3) is 4.96 Å². The molecule has 0 atom stereocenters. The summed E-state index contributed by atoms with van der Waals surface area (Å²) in [5, 5.41) is 6.13. The van der Waals surface area contributed by atoms with E-state index in [1.165, 1.54) is 21.8 Å². The van der Waals surface area contributed by atoms with Crippen molar-refractivity contribution in [2.24, 2.45) is 0 Å². The highest BCUT2D eigenvalue weighted by molar-refractivity contribution is 7.15. The lowest BCUT2D eigenvalue weighted by Gasteiger charge is -2.08. The van der Waals surface area contributed by atoms with Crippen LogP contribution in [-0.4, -0.2) is 9.38 Å². The Morgan fingerprint density at radius 1 is 1.30 bits per heavy atom. The third-order valence-electron chi connectivity index (χ3n) is 2.74. The molecule has 0 aliphatic carbocycles. The summed E-state index contributed by atoms with van der Waals surface area (Å²) in [5.41, 5.74) is 1.28. The SMILES string of the molecule is O=c1cc(CNc2cc(Cl)ccc2Cl)nc2sccn12. The quantitative estimate of drug-likeness (QED) is 0.799. The summed E-state index contributed by atoms with van der Waals surface area (Å²) in [6.07, 6.45) is 1.71. The van der Waals surface area contributed by atoms with Gasteiger partial charge >= 0.3 is 0 Å². The van der Waals surface area contributed by atoms with Gasteiger partial charge in [-0.15, -0.1) is 11.3 Å². The van der Waals surface area contributed by atoms with E-state index < -0.39 is 0 Å². The summed E-state index contributed by atoms with van der Waals surface area (Å²) < 4.78 is 1.51. The number of hydrogen-bond acceptors (Lipinski definition) is 4. The average molecular weight is 326 g/mol. The molecule has 0 fully saturated rings. The van der Waals surface area contributed by atoms with Gasteiger partial charge in [-0.1, -0.05) is 23.2 Å². The Labute approximate surface area is 128 Å². The minimum absolute atomic E-state index is 0.0924. The fraction of sp³-hybridized carbons (Fsp3) is 0.0769. The Balaban J connectivity index is 1.86. The summed E-state index contributed by atoms with van der Waals surface area (Å²) in [6.45, 7) is 0.406. The van der Waals surface area contributed by atoms with Crippen LogP contribution in [0.4, 0.5) is 5.69 Å². The zero-order valence-corrected chi connectivity index (χ0v) is 12.5. The number of nitrogens with zero attached hydrogens (tertiary/aromatic N) is 2. The number of thiazole rings is 1. The van der Waals surface area contributed by atoms with E-state index >= 15 is 0 Å². The Morgan fingerprint density at radius 2 is 2.15 bits per heavy atom. The van der Waals surface area contributed by atoms with Crippen LogP contribution < -0.4 is 10.9 Å². The molecule has 0 aliphatic rings. The van der Waals surface area contributed by atoms with Gasteiger partial charge in [-0.05, 0) is 18.2 Å². The molecular formula is C13H9Cl2N3OS. The van der Waals surface area contributed by atoms with E-state index in [9.17, 15) is 4.79 Å². The Morgan fingerprint density at radius 3 is 3.00 bits per heavy atom. The highest BCUT2D eigenvalue weighted by atomic mass is 35.5. The second kappa shape index (κ2) is 5.44. The van der Waals surface area contributed by atoms with Crippen LogP contribution in [0.2, 0.25) is 10.0 Å². The lowest BCUT2D eigenvalue weighted by atomic mass is 10.3. The highest BCUT2D eigenvalue weighted by Crippen LogP contribution is 2.25. The van der Waals surface area contributed by atoms with Gasteiger partial charge in [-0.25, -0.2) is 4.98 Å². The number of aromatic nitrogens is 2. The molecule has 3 aromatic rings. The van der Waals surface area contributed by atoms with Crippen molar-refractivity contribution in [1.82, 2.24) is 9.38 Å². The first-order valence-corrected chi connectivity index (χ1v) is 7.42. The molecule has 3 rings (SSSR count). The number of rotatable bonds is 3. The predicted molar refractivity (Wildman–Crippen MR) is 83.1 cm³/mol. The first-order valence-electron chi connectivity index (χ1n) is 5.78. The molecule has 0 unspecified atom stereocenters. The number of anilines is 1. The smallest absolute Gasteiger partial charge is 0.258 e. The third-order valence-corrected chi connectivity index (χ3v) is 4.07. The van der Waals surface area contributed by atoms with Gasteiger partial charge < -0.3 is 5.32 Å². The van der Waals surface area contributed by atoms with Gasteiger partial charge in [0.2, 0.25) is 0 Å². The van der Waals surface area contributed by atoms with Crippen molar-refractivity contribution in [3.63, 3.8) is 0 Å². The average Bonchev–Trinajstić information content (AvgIpc) is 2.89. The van der Waals surface area contributed by atoms with Gasteiger partial charge in [0.25, 0.3) is 5.56 Å². The molecule has 0 spiro atoms. The maximum Gasteiger partial charge on any atom is 0.258 e. The fourth-order valence-electron chi connectivity index (χ4n) is 1.80. The number of nitrogens with one attached hydrogen (secondary N) is 1. The molecule has 0 bridgehead atoms. The molecule has 4 nitrogen and oxygen atoms in total. The number of hydrogen-bond donors (Lipinski definition) is 1. The lowest BCUT2D eigenvalue weighted by Crippen LogP contribution is -2.14. The van der Waals surface area contributed by atoms with E-state index in [4.69, 9.17) is 23.2 Å². The standard InChI is InChI=1S/C13H9Cl2N3OS/c14-8-1-2-10(15)11(5-8)16-7-9-6-12(19)18-3-4-20-13(18)17-9/h1-6,16H,7H2. The van der Waals surface area contributed by atoms with Gasteiger partial charge in [0.15, 0.2) is 4.96 Å². The van der Waals surface area contributed by atoms with E-state index in [2.05, 4.69) is 10.3 Å². The van der Waals surface area contributed by atoms with E-state index in [1.807, 2.05) is 5.38 Å². The molecule has 1 N–H and O–H groups in total. The summed E-state index contributed by atoms with van der Waals surface area (Å²) in [6, 6.07) is 6.68. The maximum absolute atomic E-state index is 11.8. The number of halogens is 2. The second-order valence-electron chi connectivity index (χ2n) is 4.12. The molecule has 0 radical (unpaired) electrons. The van der Waals surface area contributed by atoms with Crippen LogP contribution >= 0.6 is 34.5 Å². The van der Waals surface area contributed by atoms with Crippen LogP contribution in [0.5, 0.6) is 0 Å². The monoisotopic (exact) mass is 325 g/mol.